The number of rotatable bonds is 11. The summed E-state index contributed by atoms with van der Waals surface area (Å²) in [7, 11) is 1.69. The number of Topliss-reactive ketones (excluding diaryl/α,β-unsaturated/α-hetero) is 1. The van der Waals surface area contributed by atoms with Gasteiger partial charge in [-0.2, -0.15) is 0 Å². The molecule has 0 aromatic carbocycles. The average molecular weight is 341 g/mol. The second-order valence-corrected chi connectivity index (χ2v) is 7.80. The summed E-state index contributed by atoms with van der Waals surface area (Å²) in [5, 5.41) is 0. The minimum atomic E-state index is 0.325. The maximum Gasteiger partial charge on any atom is 0.147 e. The Morgan fingerprint density at radius 2 is 1.96 bits per heavy atom. The molecule has 0 saturated heterocycles. The highest BCUT2D eigenvalue weighted by Crippen LogP contribution is 2.50. The highest BCUT2D eigenvalue weighted by Gasteiger charge is 2.44. The van der Waals surface area contributed by atoms with E-state index in [-0.39, 0.29) is 0 Å². The summed E-state index contributed by atoms with van der Waals surface area (Å²) < 4.78 is 16.5. The third-order valence-electron chi connectivity index (χ3n) is 6.15. The van der Waals surface area contributed by atoms with Crippen LogP contribution in [-0.2, 0) is 19.0 Å². The van der Waals surface area contributed by atoms with Gasteiger partial charge in [-0.25, -0.2) is 0 Å². The Morgan fingerprint density at radius 3 is 2.71 bits per heavy atom. The molecule has 2 fully saturated rings. The molecule has 0 radical (unpaired) electrons. The number of ether oxygens (including phenoxy) is 3. The van der Waals surface area contributed by atoms with Crippen LogP contribution in [0.4, 0.5) is 0 Å². The summed E-state index contributed by atoms with van der Waals surface area (Å²) in [6.07, 6.45) is 9.82. The fourth-order valence-electron chi connectivity index (χ4n) is 4.93. The Balaban J connectivity index is 1.75. The molecule has 2 aliphatic rings. The number of hydrogen-bond donors (Lipinski definition) is 0. The summed E-state index contributed by atoms with van der Waals surface area (Å²) in [5.74, 6) is 3.41. The molecule has 5 atom stereocenters. The first kappa shape index (κ1) is 19.9. The van der Waals surface area contributed by atoms with Crippen molar-refractivity contribution in [1.29, 1.82) is 0 Å². The highest BCUT2D eigenvalue weighted by molar-refractivity contribution is 5.75. The smallest absolute Gasteiger partial charge is 0.147 e. The van der Waals surface area contributed by atoms with Gasteiger partial charge in [0.15, 0.2) is 0 Å². The zero-order chi connectivity index (χ0) is 17.4. The molecular weight excluding hydrogens is 304 g/mol. The van der Waals surface area contributed by atoms with Crippen LogP contribution in [0.2, 0.25) is 0 Å². The van der Waals surface area contributed by atoms with Crippen LogP contribution in [0.15, 0.2) is 0 Å². The van der Waals surface area contributed by atoms with Gasteiger partial charge in [-0.15, -0.1) is 0 Å². The minimum Gasteiger partial charge on any atom is -0.382 e. The van der Waals surface area contributed by atoms with Gasteiger partial charge in [0.05, 0.1) is 19.3 Å². The Kier molecular flexibility index (Phi) is 8.71. The molecule has 4 nitrogen and oxygen atoms in total. The van der Waals surface area contributed by atoms with E-state index in [1.807, 2.05) is 0 Å². The van der Waals surface area contributed by atoms with Crippen molar-refractivity contribution in [2.75, 3.05) is 27.1 Å². The number of methoxy groups -OCH3 is 1. The lowest BCUT2D eigenvalue weighted by molar-refractivity contribution is -0.128. The molecule has 24 heavy (non-hydrogen) atoms. The summed E-state index contributed by atoms with van der Waals surface area (Å²) >= 11 is 0. The topological polar surface area (TPSA) is 44.8 Å². The van der Waals surface area contributed by atoms with Crippen LogP contribution < -0.4 is 0 Å². The van der Waals surface area contributed by atoms with Crippen LogP contribution in [0.3, 0.4) is 0 Å². The van der Waals surface area contributed by atoms with E-state index >= 15 is 0 Å². The molecule has 2 saturated carbocycles. The van der Waals surface area contributed by atoms with Gasteiger partial charge in [-0.05, 0) is 62.7 Å². The maximum atomic E-state index is 11.1. The standard InChI is InChI=1S/C20H36O4/c1-15(6-4-7-16(2)21)17-10-11-19-18(17)8-5-9-20(19)24-14-23-13-12-22-3/h15,17-20H,4-14H2,1-3H3/t15-,17-,18-,19-,20-/m1/s1. The molecule has 2 rings (SSSR count). The normalized spacial score (nSPS) is 31.0. The molecule has 140 valence electrons. The lowest BCUT2D eigenvalue weighted by atomic mass is 9.72. The molecule has 0 aliphatic heterocycles. The molecule has 0 aromatic rings. The van der Waals surface area contributed by atoms with E-state index in [9.17, 15) is 4.79 Å². The second kappa shape index (κ2) is 10.5. The average Bonchev–Trinajstić information content (AvgIpc) is 2.99. The summed E-state index contributed by atoms with van der Waals surface area (Å²) in [5.41, 5.74) is 0. The van der Waals surface area contributed by atoms with Gasteiger partial charge in [-0.1, -0.05) is 19.8 Å². The zero-order valence-corrected chi connectivity index (χ0v) is 15.8. The van der Waals surface area contributed by atoms with Crippen molar-refractivity contribution >= 4 is 5.78 Å². The summed E-state index contributed by atoms with van der Waals surface area (Å²) in [6.45, 7) is 5.72. The Morgan fingerprint density at radius 1 is 1.12 bits per heavy atom. The lowest BCUT2D eigenvalue weighted by Crippen LogP contribution is -2.35. The minimum absolute atomic E-state index is 0.325. The molecular formula is C20H36O4. The van der Waals surface area contributed by atoms with Crippen LogP contribution >= 0.6 is 0 Å². The molecule has 0 unspecified atom stereocenters. The quantitative estimate of drug-likeness (QED) is 0.417. The predicted molar refractivity (Wildman–Crippen MR) is 94.8 cm³/mol. The van der Waals surface area contributed by atoms with Crippen molar-refractivity contribution in [1.82, 2.24) is 0 Å². The molecule has 0 spiro atoms. The number of ketones is 1. The maximum absolute atomic E-state index is 11.1. The van der Waals surface area contributed by atoms with E-state index in [0.29, 0.717) is 37.8 Å². The van der Waals surface area contributed by atoms with E-state index in [0.717, 1.165) is 30.6 Å². The number of hydrogen-bond acceptors (Lipinski definition) is 4. The van der Waals surface area contributed by atoms with Crippen molar-refractivity contribution in [3.8, 4) is 0 Å². The Hall–Kier alpha value is -0.450. The molecule has 0 N–H and O–H groups in total. The molecule has 0 aromatic heterocycles. The van der Waals surface area contributed by atoms with Crippen LogP contribution in [0.25, 0.3) is 0 Å². The van der Waals surface area contributed by atoms with Gasteiger partial charge in [0, 0.05) is 13.5 Å². The van der Waals surface area contributed by atoms with Crippen molar-refractivity contribution in [2.24, 2.45) is 23.7 Å². The first-order chi connectivity index (χ1) is 11.6. The van der Waals surface area contributed by atoms with Crippen molar-refractivity contribution in [3.05, 3.63) is 0 Å². The number of fused-ring (bicyclic) bond motifs is 1. The number of carbonyl (C=O) groups is 1. The van der Waals surface area contributed by atoms with Crippen LogP contribution in [-0.4, -0.2) is 39.0 Å². The van der Waals surface area contributed by atoms with E-state index in [4.69, 9.17) is 14.2 Å². The van der Waals surface area contributed by atoms with Crippen molar-refractivity contribution < 1.29 is 19.0 Å². The van der Waals surface area contributed by atoms with Crippen LogP contribution in [0, 0.1) is 23.7 Å². The molecule has 0 bridgehead atoms. The van der Waals surface area contributed by atoms with Crippen molar-refractivity contribution in [2.45, 2.75) is 71.3 Å². The lowest BCUT2D eigenvalue weighted by Gasteiger charge is -2.37. The monoisotopic (exact) mass is 340 g/mol. The fraction of sp³-hybridized carbons (Fsp3) is 0.950. The van der Waals surface area contributed by atoms with Gasteiger partial charge >= 0.3 is 0 Å². The van der Waals surface area contributed by atoms with Crippen molar-refractivity contribution in [3.63, 3.8) is 0 Å². The first-order valence-corrected chi connectivity index (χ1v) is 9.81. The van der Waals surface area contributed by atoms with Gasteiger partial charge in [-0.3, -0.25) is 0 Å². The van der Waals surface area contributed by atoms with Gasteiger partial charge < -0.3 is 19.0 Å². The highest BCUT2D eigenvalue weighted by atomic mass is 16.7. The third-order valence-corrected chi connectivity index (χ3v) is 6.15. The van der Waals surface area contributed by atoms with Crippen LogP contribution in [0.1, 0.15) is 65.2 Å². The van der Waals surface area contributed by atoms with Gasteiger partial charge in [0.2, 0.25) is 0 Å². The zero-order valence-electron chi connectivity index (χ0n) is 15.8. The van der Waals surface area contributed by atoms with E-state index in [1.165, 1.54) is 38.5 Å². The predicted octanol–water partition coefficient (Wildman–Crippen LogP) is 4.21. The van der Waals surface area contributed by atoms with E-state index < -0.39 is 0 Å². The Bertz CT molecular complexity index is 371. The second-order valence-electron chi connectivity index (χ2n) is 7.80. The molecule has 0 heterocycles. The van der Waals surface area contributed by atoms with E-state index in [2.05, 4.69) is 6.92 Å². The van der Waals surface area contributed by atoms with E-state index in [1.54, 1.807) is 14.0 Å². The summed E-state index contributed by atoms with van der Waals surface area (Å²) in [6, 6.07) is 0. The first-order valence-electron chi connectivity index (χ1n) is 9.81. The summed E-state index contributed by atoms with van der Waals surface area (Å²) in [4.78, 5) is 11.1. The third kappa shape index (κ3) is 5.82. The molecule has 2 aliphatic carbocycles. The molecule has 4 heteroatoms. The van der Waals surface area contributed by atoms with Gasteiger partial charge in [0.25, 0.3) is 0 Å². The SMILES string of the molecule is COCCOCO[C@@H]1CCC[C@H]2[C@H]1CC[C@@H]2[C@H](C)CCCC(C)=O. The Labute approximate surface area is 147 Å². The largest absolute Gasteiger partial charge is 0.382 e. The molecule has 0 amide bonds. The number of carbonyl (C=O) groups excluding carboxylic acids is 1. The van der Waals surface area contributed by atoms with Gasteiger partial charge in [0.1, 0.15) is 12.6 Å². The van der Waals surface area contributed by atoms with Crippen LogP contribution in [0.5, 0.6) is 0 Å². The fourth-order valence-corrected chi connectivity index (χ4v) is 4.93.